The van der Waals surface area contributed by atoms with E-state index in [1.807, 2.05) is 0 Å². The van der Waals surface area contributed by atoms with E-state index in [2.05, 4.69) is 10.6 Å². The van der Waals surface area contributed by atoms with Gasteiger partial charge in [0, 0.05) is 13.8 Å². The minimum Gasteiger partial charge on any atom is -0.394 e. The predicted octanol–water partition coefficient (Wildman–Crippen LogP) is -3.60. The van der Waals surface area contributed by atoms with Crippen LogP contribution >= 0.6 is 0 Å². The highest BCUT2D eigenvalue weighted by atomic mass is 16.7. The summed E-state index contributed by atoms with van der Waals surface area (Å²) in [7, 11) is 0. The van der Waals surface area contributed by atoms with Crippen molar-refractivity contribution in [2.45, 2.75) is 50.8 Å². The Hall–Kier alpha value is -1.30. The van der Waals surface area contributed by atoms with E-state index in [-0.39, 0.29) is 12.5 Å². The maximum absolute atomic E-state index is 11.2. The largest absolute Gasteiger partial charge is 0.394 e. The van der Waals surface area contributed by atoms with Crippen molar-refractivity contribution < 1.29 is 39.5 Å². The summed E-state index contributed by atoms with van der Waals surface area (Å²) in [5, 5.41) is 43.4. The number of carbonyl (C=O) groups is 2. The van der Waals surface area contributed by atoms with Gasteiger partial charge in [-0.1, -0.05) is 0 Å². The van der Waals surface area contributed by atoms with Gasteiger partial charge in [-0.25, -0.2) is 0 Å². The van der Waals surface area contributed by atoms with E-state index >= 15 is 0 Å². The summed E-state index contributed by atoms with van der Waals surface area (Å²) in [5.41, 5.74) is 0. The fourth-order valence-electron chi connectivity index (χ4n) is 2.10. The number of hydrogen-bond donors (Lipinski definition) is 6. The van der Waals surface area contributed by atoms with Crippen LogP contribution in [-0.4, -0.2) is 82.3 Å². The molecule has 128 valence electrons. The molecule has 0 aromatic heterocycles. The first-order valence-corrected chi connectivity index (χ1v) is 6.73. The molecule has 10 heteroatoms. The van der Waals surface area contributed by atoms with E-state index in [0.717, 1.165) is 0 Å². The van der Waals surface area contributed by atoms with Gasteiger partial charge >= 0.3 is 0 Å². The molecule has 1 aliphatic rings. The summed E-state index contributed by atoms with van der Waals surface area (Å²) in [6.45, 7) is 1.61. The SMILES string of the molecule is CC(=O)NC[C@@H](O)OC1C(O)C(CO)OC(O)C1NC(C)=O. The van der Waals surface area contributed by atoms with Gasteiger partial charge in [0.2, 0.25) is 11.8 Å². The van der Waals surface area contributed by atoms with E-state index < -0.39 is 49.4 Å². The maximum Gasteiger partial charge on any atom is 0.217 e. The predicted molar refractivity (Wildman–Crippen MR) is 71.1 cm³/mol. The van der Waals surface area contributed by atoms with E-state index in [1.54, 1.807) is 0 Å². The molecule has 0 radical (unpaired) electrons. The lowest BCUT2D eigenvalue weighted by Gasteiger charge is -2.43. The van der Waals surface area contributed by atoms with Crippen LogP contribution in [0.5, 0.6) is 0 Å². The number of carbonyl (C=O) groups excluding carboxylic acids is 2. The summed E-state index contributed by atoms with van der Waals surface area (Å²) in [4.78, 5) is 22.0. The lowest BCUT2D eigenvalue weighted by molar-refractivity contribution is -0.283. The zero-order valence-electron chi connectivity index (χ0n) is 12.3. The maximum atomic E-state index is 11.2. The number of amides is 2. The quantitative estimate of drug-likeness (QED) is 0.274. The smallest absolute Gasteiger partial charge is 0.217 e. The van der Waals surface area contributed by atoms with Gasteiger partial charge in [-0.2, -0.15) is 0 Å². The van der Waals surface area contributed by atoms with Gasteiger partial charge in [0.1, 0.15) is 24.4 Å². The molecule has 0 aromatic rings. The van der Waals surface area contributed by atoms with Crippen LogP contribution in [0.3, 0.4) is 0 Å². The zero-order chi connectivity index (χ0) is 16.9. The van der Waals surface area contributed by atoms with Crippen molar-refractivity contribution >= 4 is 11.8 Å². The Labute approximate surface area is 127 Å². The molecule has 1 saturated heterocycles. The van der Waals surface area contributed by atoms with Gasteiger partial charge in [0.25, 0.3) is 0 Å². The number of hydrogen-bond acceptors (Lipinski definition) is 8. The van der Waals surface area contributed by atoms with Gasteiger partial charge < -0.3 is 40.5 Å². The third kappa shape index (κ3) is 5.16. The monoisotopic (exact) mass is 322 g/mol. The second kappa shape index (κ2) is 8.36. The van der Waals surface area contributed by atoms with Crippen LogP contribution in [-0.2, 0) is 19.1 Å². The van der Waals surface area contributed by atoms with Crippen LogP contribution in [0.2, 0.25) is 0 Å². The first kappa shape index (κ1) is 18.7. The molecule has 2 amide bonds. The number of nitrogens with one attached hydrogen (secondary N) is 2. The van der Waals surface area contributed by atoms with Crippen molar-refractivity contribution in [1.82, 2.24) is 10.6 Å². The first-order chi connectivity index (χ1) is 10.3. The fraction of sp³-hybridized carbons (Fsp3) is 0.833. The topological polar surface area (TPSA) is 158 Å². The molecule has 0 saturated carbocycles. The lowest BCUT2D eigenvalue weighted by atomic mass is 9.96. The molecule has 0 bridgehead atoms. The number of ether oxygens (including phenoxy) is 2. The second-order valence-electron chi connectivity index (χ2n) is 4.96. The van der Waals surface area contributed by atoms with E-state index in [4.69, 9.17) is 14.6 Å². The molecule has 1 rings (SSSR count). The molecule has 6 atom stereocenters. The highest BCUT2D eigenvalue weighted by molar-refractivity contribution is 5.73. The summed E-state index contributed by atoms with van der Waals surface area (Å²) < 4.78 is 10.2. The molecular weight excluding hydrogens is 300 g/mol. The molecule has 1 fully saturated rings. The normalized spacial score (nSPS) is 33.1. The Morgan fingerprint density at radius 3 is 2.41 bits per heavy atom. The van der Waals surface area contributed by atoms with Gasteiger partial charge in [-0.3, -0.25) is 9.59 Å². The van der Waals surface area contributed by atoms with Gasteiger partial charge in [0.05, 0.1) is 13.2 Å². The van der Waals surface area contributed by atoms with Crippen LogP contribution < -0.4 is 10.6 Å². The first-order valence-electron chi connectivity index (χ1n) is 6.73. The summed E-state index contributed by atoms with van der Waals surface area (Å²) in [5.74, 6) is -0.894. The number of rotatable bonds is 6. The molecule has 10 nitrogen and oxygen atoms in total. The van der Waals surface area contributed by atoms with E-state index in [0.29, 0.717) is 0 Å². The van der Waals surface area contributed by atoms with Crippen molar-refractivity contribution in [3.8, 4) is 0 Å². The Morgan fingerprint density at radius 2 is 1.91 bits per heavy atom. The average Bonchev–Trinajstić information content (AvgIpc) is 2.43. The highest BCUT2D eigenvalue weighted by Gasteiger charge is 2.46. The molecule has 0 aromatic carbocycles. The van der Waals surface area contributed by atoms with E-state index in [9.17, 15) is 24.9 Å². The van der Waals surface area contributed by atoms with Gasteiger partial charge in [0.15, 0.2) is 12.6 Å². The fourth-order valence-corrected chi connectivity index (χ4v) is 2.10. The number of aliphatic hydroxyl groups excluding tert-OH is 4. The molecule has 22 heavy (non-hydrogen) atoms. The molecule has 0 spiro atoms. The van der Waals surface area contributed by atoms with Crippen molar-refractivity contribution in [3.05, 3.63) is 0 Å². The Balaban J connectivity index is 2.80. The second-order valence-corrected chi connectivity index (χ2v) is 4.96. The highest BCUT2D eigenvalue weighted by Crippen LogP contribution is 2.23. The molecule has 6 N–H and O–H groups in total. The molecule has 1 aliphatic heterocycles. The summed E-state index contributed by atoms with van der Waals surface area (Å²) in [6.07, 6.45) is -6.81. The van der Waals surface area contributed by atoms with E-state index in [1.165, 1.54) is 13.8 Å². The Bertz CT molecular complexity index is 393. The summed E-state index contributed by atoms with van der Waals surface area (Å²) in [6, 6.07) is -1.15. The van der Waals surface area contributed by atoms with Crippen molar-refractivity contribution in [1.29, 1.82) is 0 Å². The third-order valence-electron chi connectivity index (χ3n) is 3.08. The summed E-state index contributed by atoms with van der Waals surface area (Å²) >= 11 is 0. The van der Waals surface area contributed by atoms with Crippen molar-refractivity contribution in [3.63, 3.8) is 0 Å². The van der Waals surface area contributed by atoms with Crippen molar-refractivity contribution in [2.24, 2.45) is 0 Å². The molecule has 1 heterocycles. The molecule has 0 aliphatic carbocycles. The molecular formula is C12H22N2O8. The standard InChI is InChI=1S/C12H22N2O8/c1-5(16)13-3-8(18)22-11-9(14-6(2)17)12(20)21-7(4-15)10(11)19/h7-12,15,18-20H,3-4H2,1-2H3,(H,13,16)(H,14,17)/t7?,8-,9?,10?,11?,12?/m0/s1. The third-order valence-corrected chi connectivity index (χ3v) is 3.08. The Kier molecular flexibility index (Phi) is 7.13. The average molecular weight is 322 g/mol. The Morgan fingerprint density at radius 1 is 1.27 bits per heavy atom. The van der Waals surface area contributed by atoms with Crippen LogP contribution in [0.4, 0.5) is 0 Å². The van der Waals surface area contributed by atoms with Crippen LogP contribution in [0.1, 0.15) is 13.8 Å². The van der Waals surface area contributed by atoms with Crippen LogP contribution in [0, 0.1) is 0 Å². The minimum atomic E-state index is -1.54. The molecule has 5 unspecified atom stereocenters. The minimum absolute atomic E-state index is 0.244. The van der Waals surface area contributed by atoms with Gasteiger partial charge in [-0.15, -0.1) is 0 Å². The van der Waals surface area contributed by atoms with Gasteiger partial charge in [-0.05, 0) is 0 Å². The zero-order valence-corrected chi connectivity index (χ0v) is 12.3. The van der Waals surface area contributed by atoms with Crippen molar-refractivity contribution in [2.75, 3.05) is 13.2 Å². The number of aliphatic hydroxyl groups is 4. The van der Waals surface area contributed by atoms with Crippen LogP contribution in [0.25, 0.3) is 0 Å². The lowest BCUT2D eigenvalue weighted by Crippen LogP contribution is -2.65. The van der Waals surface area contributed by atoms with Crippen LogP contribution in [0.15, 0.2) is 0 Å².